The predicted molar refractivity (Wildman–Crippen MR) is 46.8 cm³/mol. The van der Waals surface area contributed by atoms with Gasteiger partial charge in [-0.2, -0.15) is 0 Å². The summed E-state index contributed by atoms with van der Waals surface area (Å²) in [6.07, 6.45) is 1.63. The standard InChI is InChI=1S/C7H6N2O.C2H6/c10-7-6-5(4-9-7)2-1-3-8-6;1-2/h1-3H,4H2,(H,9,10);1-2H3. The maximum Gasteiger partial charge on any atom is 0.270 e. The zero-order valence-electron chi connectivity index (χ0n) is 7.29. The Morgan fingerprint density at radius 1 is 1.50 bits per heavy atom. The third-order valence-electron chi connectivity index (χ3n) is 1.55. The van der Waals surface area contributed by atoms with Crippen LogP contribution in [-0.2, 0) is 6.54 Å². The molecular weight excluding hydrogens is 152 g/mol. The molecule has 0 spiro atoms. The summed E-state index contributed by atoms with van der Waals surface area (Å²) in [6, 6.07) is 3.74. The molecule has 2 heterocycles. The van der Waals surface area contributed by atoms with Gasteiger partial charge in [-0.25, -0.2) is 0 Å². The third kappa shape index (κ3) is 1.44. The Morgan fingerprint density at radius 2 is 2.25 bits per heavy atom. The quantitative estimate of drug-likeness (QED) is 0.629. The molecule has 0 aliphatic carbocycles. The number of rotatable bonds is 0. The van der Waals surface area contributed by atoms with Crippen molar-refractivity contribution < 1.29 is 4.79 Å². The Bertz CT molecular complexity index is 284. The number of hydrogen-bond donors (Lipinski definition) is 1. The Balaban J connectivity index is 0.000000336. The van der Waals surface area contributed by atoms with Crippen LogP contribution in [0.5, 0.6) is 0 Å². The summed E-state index contributed by atoms with van der Waals surface area (Å²) in [5.41, 5.74) is 1.56. The average molecular weight is 164 g/mol. The van der Waals surface area contributed by atoms with Gasteiger partial charge in [0, 0.05) is 18.3 Å². The van der Waals surface area contributed by atoms with Crippen LogP contribution >= 0.6 is 0 Å². The van der Waals surface area contributed by atoms with E-state index in [0.29, 0.717) is 12.2 Å². The molecule has 1 aromatic rings. The summed E-state index contributed by atoms with van der Waals surface area (Å²) < 4.78 is 0. The van der Waals surface area contributed by atoms with Crippen molar-refractivity contribution in [3.8, 4) is 0 Å². The average Bonchev–Trinajstić information content (AvgIpc) is 2.53. The van der Waals surface area contributed by atoms with Crippen LogP contribution in [0.25, 0.3) is 0 Å². The van der Waals surface area contributed by atoms with Crippen molar-refractivity contribution in [2.24, 2.45) is 0 Å². The van der Waals surface area contributed by atoms with E-state index in [-0.39, 0.29) is 5.91 Å². The molecule has 3 nitrogen and oxygen atoms in total. The maximum atomic E-state index is 10.9. The van der Waals surface area contributed by atoms with E-state index in [9.17, 15) is 4.79 Å². The van der Waals surface area contributed by atoms with Gasteiger partial charge in [0.2, 0.25) is 0 Å². The lowest BCUT2D eigenvalue weighted by molar-refractivity contribution is 0.0961. The lowest BCUT2D eigenvalue weighted by Crippen LogP contribution is -2.13. The number of carbonyl (C=O) groups is 1. The summed E-state index contributed by atoms with van der Waals surface area (Å²) in [5.74, 6) is -0.0596. The second kappa shape index (κ2) is 3.85. The molecule has 0 aromatic carbocycles. The molecule has 0 radical (unpaired) electrons. The molecule has 0 bridgehead atoms. The first kappa shape index (κ1) is 8.71. The van der Waals surface area contributed by atoms with Crippen molar-refractivity contribution >= 4 is 5.91 Å². The maximum absolute atomic E-state index is 10.9. The minimum absolute atomic E-state index is 0.0596. The SMILES string of the molecule is CC.O=C1NCc2cccnc21. The number of nitrogens with zero attached hydrogens (tertiary/aromatic N) is 1. The first-order chi connectivity index (χ1) is 5.88. The van der Waals surface area contributed by atoms with E-state index in [4.69, 9.17) is 0 Å². The number of nitrogens with one attached hydrogen (secondary N) is 1. The minimum atomic E-state index is -0.0596. The van der Waals surface area contributed by atoms with E-state index in [2.05, 4.69) is 10.3 Å². The van der Waals surface area contributed by atoms with Crippen molar-refractivity contribution in [1.29, 1.82) is 0 Å². The molecule has 0 saturated heterocycles. The second-order valence-electron chi connectivity index (χ2n) is 2.19. The van der Waals surface area contributed by atoms with Crippen LogP contribution in [0.3, 0.4) is 0 Å². The fraction of sp³-hybridized carbons (Fsp3) is 0.333. The minimum Gasteiger partial charge on any atom is -0.347 e. The lowest BCUT2D eigenvalue weighted by Gasteiger charge is -1.88. The number of aromatic nitrogens is 1. The Labute approximate surface area is 71.8 Å². The van der Waals surface area contributed by atoms with Gasteiger partial charge in [-0.05, 0) is 6.07 Å². The molecule has 1 N–H and O–H groups in total. The molecule has 0 fully saturated rings. The van der Waals surface area contributed by atoms with Gasteiger partial charge < -0.3 is 5.32 Å². The summed E-state index contributed by atoms with van der Waals surface area (Å²) in [4.78, 5) is 14.8. The molecule has 1 aromatic heterocycles. The highest BCUT2D eigenvalue weighted by atomic mass is 16.2. The van der Waals surface area contributed by atoms with Crippen molar-refractivity contribution in [2.45, 2.75) is 20.4 Å². The molecule has 0 saturated carbocycles. The Hall–Kier alpha value is -1.38. The molecule has 2 rings (SSSR count). The van der Waals surface area contributed by atoms with E-state index in [1.807, 2.05) is 26.0 Å². The molecule has 64 valence electrons. The van der Waals surface area contributed by atoms with Gasteiger partial charge in [0.15, 0.2) is 0 Å². The Morgan fingerprint density at radius 3 is 2.92 bits per heavy atom. The molecule has 1 aliphatic rings. The number of pyridine rings is 1. The molecule has 1 amide bonds. The van der Waals surface area contributed by atoms with Crippen LogP contribution < -0.4 is 5.32 Å². The summed E-state index contributed by atoms with van der Waals surface area (Å²) in [6.45, 7) is 4.63. The number of fused-ring (bicyclic) bond motifs is 1. The fourth-order valence-corrected chi connectivity index (χ4v) is 1.04. The van der Waals surface area contributed by atoms with Crippen molar-refractivity contribution in [3.05, 3.63) is 29.6 Å². The van der Waals surface area contributed by atoms with Crippen LogP contribution in [0.4, 0.5) is 0 Å². The number of hydrogen-bond acceptors (Lipinski definition) is 2. The predicted octanol–water partition coefficient (Wildman–Crippen LogP) is 1.35. The highest BCUT2D eigenvalue weighted by Crippen LogP contribution is 2.10. The Kier molecular flexibility index (Phi) is 2.80. The van der Waals surface area contributed by atoms with Gasteiger partial charge in [-0.3, -0.25) is 9.78 Å². The smallest absolute Gasteiger partial charge is 0.270 e. The lowest BCUT2D eigenvalue weighted by atomic mass is 10.2. The monoisotopic (exact) mass is 164 g/mol. The van der Waals surface area contributed by atoms with E-state index in [1.165, 1.54) is 0 Å². The van der Waals surface area contributed by atoms with Crippen molar-refractivity contribution in [3.63, 3.8) is 0 Å². The van der Waals surface area contributed by atoms with Crippen LogP contribution in [0.15, 0.2) is 18.3 Å². The van der Waals surface area contributed by atoms with E-state index in [0.717, 1.165) is 5.56 Å². The topological polar surface area (TPSA) is 42.0 Å². The van der Waals surface area contributed by atoms with Crippen LogP contribution in [0.1, 0.15) is 29.9 Å². The zero-order valence-corrected chi connectivity index (χ0v) is 7.29. The largest absolute Gasteiger partial charge is 0.347 e. The van der Waals surface area contributed by atoms with Crippen LogP contribution in [0, 0.1) is 0 Å². The molecule has 3 heteroatoms. The number of carbonyl (C=O) groups excluding carboxylic acids is 1. The molecule has 0 atom stereocenters. The van der Waals surface area contributed by atoms with Gasteiger partial charge in [-0.1, -0.05) is 19.9 Å². The normalized spacial score (nSPS) is 12.7. The van der Waals surface area contributed by atoms with Crippen LogP contribution in [-0.4, -0.2) is 10.9 Å². The zero-order chi connectivity index (χ0) is 8.97. The van der Waals surface area contributed by atoms with Gasteiger partial charge in [0.05, 0.1) is 0 Å². The molecule has 0 unspecified atom stereocenters. The fourth-order valence-electron chi connectivity index (χ4n) is 1.04. The first-order valence-corrected chi connectivity index (χ1v) is 4.10. The van der Waals surface area contributed by atoms with Crippen LogP contribution in [0.2, 0.25) is 0 Å². The molecule has 12 heavy (non-hydrogen) atoms. The van der Waals surface area contributed by atoms with Gasteiger partial charge >= 0.3 is 0 Å². The van der Waals surface area contributed by atoms with Gasteiger partial charge in [0.25, 0.3) is 5.91 Å². The first-order valence-electron chi connectivity index (χ1n) is 4.10. The number of amides is 1. The molecular formula is C9H12N2O. The summed E-state index contributed by atoms with van der Waals surface area (Å²) in [5, 5.41) is 2.68. The van der Waals surface area contributed by atoms with Crippen molar-refractivity contribution in [2.75, 3.05) is 0 Å². The molecule has 1 aliphatic heterocycles. The van der Waals surface area contributed by atoms with E-state index < -0.39 is 0 Å². The summed E-state index contributed by atoms with van der Waals surface area (Å²) >= 11 is 0. The van der Waals surface area contributed by atoms with Gasteiger partial charge in [0.1, 0.15) is 5.69 Å². The highest BCUT2D eigenvalue weighted by Gasteiger charge is 2.18. The third-order valence-corrected chi connectivity index (χ3v) is 1.55. The highest BCUT2D eigenvalue weighted by molar-refractivity contribution is 5.96. The summed E-state index contributed by atoms with van der Waals surface area (Å²) in [7, 11) is 0. The van der Waals surface area contributed by atoms with Gasteiger partial charge in [-0.15, -0.1) is 0 Å². The van der Waals surface area contributed by atoms with E-state index >= 15 is 0 Å². The van der Waals surface area contributed by atoms with Crippen molar-refractivity contribution in [1.82, 2.24) is 10.3 Å². The van der Waals surface area contributed by atoms with E-state index in [1.54, 1.807) is 6.20 Å². The second-order valence-corrected chi connectivity index (χ2v) is 2.19.